The first-order valence-electron chi connectivity index (χ1n) is 7.06. The molecule has 0 aliphatic heterocycles. The van der Waals surface area contributed by atoms with Crippen molar-refractivity contribution in [2.75, 3.05) is 5.32 Å². The quantitative estimate of drug-likeness (QED) is 0.601. The second-order valence-electron chi connectivity index (χ2n) is 5.01. The Bertz CT molecular complexity index is 702. The summed E-state index contributed by atoms with van der Waals surface area (Å²) in [7, 11) is 0. The van der Waals surface area contributed by atoms with Gasteiger partial charge in [0.05, 0.1) is 10.4 Å². The van der Waals surface area contributed by atoms with Crippen molar-refractivity contribution in [2.24, 2.45) is 0 Å². The maximum Gasteiger partial charge on any atom is 0.326 e. The molecule has 7 nitrogen and oxygen atoms in total. The zero-order valence-corrected chi connectivity index (χ0v) is 12.2. The fourth-order valence-electron chi connectivity index (χ4n) is 2.15. The molecule has 0 aliphatic rings. The van der Waals surface area contributed by atoms with Crippen LogP contribution in [-0.4, -0.2) is 27.0 Å². The van der Waals surface area contributed by atoms with Crippen molar-refractivity contribution in [3.63, 3.8) is 0 Å². The maximum absolute atomic E-state index is 11.2. The first-order valence-corrected chi connectivity index (χ1v) is 7.06. The van der Waals surface area contributed by atoms with E-state index in [0.717, 1.165) is 12.8 Å². The molecule has 7 heteroatoms. The van der Waals surface area contributed by atoms with Gasteiger partial charge < -0.3 is 10.4 Å². The number of hydrogen-bond donors (Lipinski definition) is 2. The molecular formula is C15H17N3O4. The molecule has 22 heavy (non-hydrogen) atoms. The molecule has 2 N–H and O–H groups in total. The Morgan fingerprint density at radius 2 is 2.18 bits per heavy atom. The minimum absolute atomic E-state index is 0.00127. The van der Waals surface area contributed by atoms with E-state index in [1.165, 1.54) is 12.1 Å². The van der Waals surface area contributed by atoms with Gasteiger partial charge >= 0.3 is 5.97 Å². The Hall–Kier alpha value is -2.70. The zero-order chi connectivity index (χ0) is 16.1. The van der Waals surface area contributed by atoms with Crippen LogP contribution in [0.2, 0.25) is 0 Å². The number of non-ortho nitro benzene ring substituents is 1. The average Bonchev–Trinajstić information content (AvgIpc) is 2.50. The fraction of sp³-hybridized carbons (Fsp3) is 0.333. The van der Waals surface area contributed by atoms with E-state index in [1.54, 1.807) is 18.2 Å². The van der Waals surface area contributed by atoms with Gasteiger partial charge in [-0.15, -0.1) is 0 Å². The summed E-state index contributed by atoms with van der Waals surface area (Å²) in [4.78, 5) is 25.8. The lowest BCUT2D eigenvalue weighted by Gasteiger charge is -2.14. The number of nitrogens with one attached hydrogen (secondary N) is 1. The van der Waals surface area contributed by atoms with Crippen molar-refractivity contribution in [1.82, 2.24) is 4.98 Å². The van der Waals surface area contributed by atoms with E-state index in [-0.39, 0.29) is 5.69 Å². The lowest BCUT2D eigenvalue weighted by Crippen LogP contribution is -2.29. The highest BCUT2D eigenvalue weighted by Gasteiger charge is 2.17. The Labute approximate surface area is 127 Å². The number of rotatable bonds is 7. The molecule has 0 unspecified atom stereocenters. The van der Waals surface area contributed by atoms with Crippen molar-refractivity contribution in [1.29, 1.82) is 0 Å². The number of carboxylic acid groups (broad SMARTS) is 1. The molecule has 0 saturated carbocycles. The largest absolute Gasteiger partial charge is 0.480 e. The molecule has 2 aromatic rings. The van der Waals surface area contributed by atoms with Crippen molar-refractivity contribution in [3.05, 3.63) is 40.4 Å². The van der Waals surface area contributed by atoms with E-state index in [9.17, 15) is 20.0 Å². The van der Waals surface area contributed by atoms with Gasteiger partial charge in [-0.3, -0.25) is 10.1 Å². The minimum Gasteiger partial charge on any atom is -0.480 e. The molecule has 0 amide bonds. The number of unbranched alkanes of at least 4 members (excludes halogenated alkanes) is 1. The first kappa shape index (κ1) is 15.7. The van der Waals surface area contributed by atoms with E-state index < -0.39 is 16.9 Å². The highest BCUT2D eigenvalue weighted by Crippen LogP contribution is 2.21. The van der Waals surface area contributed by atoms with E-state index in [1.807, 2.05) is 6.92 Å². The standard InChI is InChI=1S/C15H17N3O4/c1-2-3-4-13(15(19)20)17-14-8-5-10-9-11(18(21)22)6-7-12(10)16-14/h5-9,13H,2-4H2,1H3,(H,16,17)(H,19,20)/t13-/m0/s1. The molecule has 0 bridgehead atoms. The zero-order valence-electron chi connectivity index (χ0n) is 12.2. The van der Waals surface area contributed by atoms with Crippen LogP contribution in [0.25, 0.3) is 10.9 Å². The number of nitro benzene ring substituents is 1. The van der Waals surface area contributed by atoms with Crippen LogP contribution in [0.1, 0.15) is 26.2 Å². The molecule has 0 fully saturated rings. The normalized spacial score (nSPS) is 12.0. The van der Waals surface area contributed by atoms with Gasteiger partial charge in [0.1, 0.15) is 11.9 Å². The van der Waals surface area contributed by atoms with E-state index in [4.69, 9.17) is 0 Å². The van der Waals surface area contributed by atoms with Gasteiger partial charge in [0, 0.05) is 17.5 Å². The number of carboxylic acids is 1. The van der Waals surface area contributed by atoms with E-state index in [0.29, 0.717) is 23.1 Å². The Balaban J connectivity index is 2.23. The molecule has 0 radical (unpaired) electrons. The molecule has 0 aliphatic carbocycles. The van der Waals surface area contributed by atoms with Crippen LogP contribution in [0.15, 0.2) is 30.3 Å². The van der Waals surface area contributed by atoms with Crippen LogP contribution < -0.4 is 5.32 Å². The van der Waals surface area contributed by atoms with Crippen molar-refractivity contribution >= 4 is 28.4 Å². The van der Waals surface area contributed by atoms with Crippen molar-refractivity contribution in [2.45, 2.75) is 32.2 Å². The summed E-state index contributed by atoms with van der Waals surface area (Å²) >= 11 is 0. The molecule has 1 heterocycles. The third kappa shape index (κ3) is 3.69. The second kappa shape index (κ2) is 6.84. The predicted octanol–water partition coefficient (Wildman–Crippen LogP) is 3.20. The van der Waals surface area contributed by atoms with Crippen LogP contribution in [0.5, 0.6) is 0 Å². The average molecular weight is 303 g/mol. The SMILES string of the molecule is CCCC[C@H](Nc1ccc2cc([N+](=O)[O-])ccc2n1)C(=O)O. The number of fused-ring (bicyclic) bond motifs is 1. The van der Waals surface area contributed by atoms with Crippen LogP contribution in [0.4, 0.5) is 11.5 Å². The number of pyridine rings is 1. The van der Waals surface area contributed by atoms with Gasteiger partial charge in [-0.1, -0.05) is 19.8 Å². The minimum atomic E-state index is -0.918. The van der Waals surface area contributed by atoms with E-state index >= 15 is 0 Å². The topological polar surface area (TPSA) is 105 Å². The maximum atomic E-state index is 11.2. The monoisotopic (exact) mass is 303 g/mol. The summed E-state index contributed by atoms with van der Waals surface area (Å²) in [6.45, 7) is 2.00. The summed E-state index contributed by atoms with van der Waals surface area (Å²) < 4.78 is 0. The molecule has 1 aromatic heterocycles. The Morgan fingerprint density at radius 1 is 1.41 bits per heavy atom. The van der Waals surface area contributed by atoms with Crippen LogP contribution in [0.3, 0.4) is 0 Å². The summed E-state index contributed by atoms with van der Waals surface area (Å²) in [6.07, 6.45) is 2.25. The summed E-state index contributed by atoms with van der Waals surface area (Å²) in [6, 6.07) is 7.01. The summed E-state index contributed by atoms with van der Waals surface area (Å²) in [5.74, 6) is -0.469. The molecule has 116 valence electrons. The van der Waals surface area contributed by atoms with Gasteiger partial charge in [-0.2, -0.15) is 0 Å². The Kier molecular flexibility index (Phi) is 4.88. The van der Waals surface area contributed by atoms with Gasteiger partial charge in [0.25, 0.3) is 5.69 Å². The van der Waals surface area contributed by atoms with Crippen LogP contribution >= 0.6 is 0 Å². The molecular weight excluding hydrogens is 286 g/mol. The fourth-order valence-corrected chi connectivity index (χ4v) is 2.15. The summed E-state index contributed by atoms with van der Waals surface area (Å²) in [5, 5.41) is 23.5. The van der Waals surface area contributed by atoms with Crippen LogP contribution in [-0.2, 0) is 4.79 Å². The number of nitro groups is 1. The highest BCUT2D eigenvalue weighted by atomic mass is 16.6. The van der Waals surface area contributed by atoms with E-state index in [2.05, 4.69) is 10.3 Å². The smallest absolute Gasteiger partial charge is 0.326 e. The summed E-state index contributed by atoms with van der Waals surface area (Å²) in [5.41, 5.74) is 0.580. The van der Waals surface area contributed by atoms with Crippen LogP contribution in [0, 0.1) is 10.1 Å². The third-order valence-corrected chi connectivity index (χ3v) is 3.35. The molecule has 0 saturated heterocycles. The number of carbonyl (C=O) groups is 1. The molecule has 1 atom stereocenters. The van der Waals surface area contributed by atoms with Gasteiger partial charge in [-0.25, -0.2) is 9.78 Å². The number of benzene rings is 1. The number of anilines is 1. The Morgan fingerprint density at radius 3 is 2.82 bits per heavy atom. The molecule has 2 rings (SSSR count). The number of aliphatic carboxylic acids is 1. The van der Waals surface area contributed by atoms with Gasteiger partial charge in [0.2, 0.25) is 0 Å². The number of hydrogen-bond acceptors (Lipinski definition) is 5. The lowest BCUT2D eigenvalue weighted by molar-refractivity contribution is -0.384. The predicted molar refractivity (Wildman–Crippen MR) is 83.0 cm³/mol. The molecule has 0 spiro atoms. The van der Waals surface area contributed by atoms with Crippen molar-refractivity contribution in [3.8, 4) is 0 Å². The molecule has 1 aromatic carbocycles. The number of aromatic nitrogens is 1. The number of nitrogens with zero attached hydrogens (tertiary/aromatic N) is 2. The highest BCUT2D eigenvalue weighted by molar-refractivity contribution is 5.83. The van der Waals surface area contributed by atoms with Crippen molar-refractivity contribution < 1.29 is 14.8 Å². The lowest BCUT2D eigenvalue weighted by atomic mass is 10.1. The first-order chi connectivity index (χ1) is 10.5. The third-order valence-electron chi connectivity index (χ3n) is 3.35. The second-order valence-corrected chi connectivity index (χ2v) is 5.01. The van der Waals surface area contributed by atoms with Gasteiger partial charge in [-0.05, 0) is 24.6 Å². The van der Waals surface area contributed by atoms with Gasteiger partial charge in [0.15, 0.2) is 0 Å².